The van der Waals surface area contributed by atoms with Crippen molar-refractivity contribution in [2.24, 2.45) is 0 Å². The molecule has 22 heavy (non-hydrogen) atoms. The monoisotopic (exact) mass is 306 g/mol. The molecule has 0 spiro atoms. The number of hydrogen-bond acceptors (Lipinski definition) is 4. The van der Waals surface area contributed by atoms with Gasteiger partial charge in [0.25, 0.3) is 0 Å². The van der Waals surface area contributed by atoms with Crippen LogP contribution in [0.4, 0.5) is 20.6 Å². The molecule has 0 radical (unpaired) electrons. The molecular weight excluding hydrogens is 287 g/mol. The van der Waals surface area contributed by atoms with Crippen molar-refractivity contribution in [3.05, 3.63) is 48.2 Å². The van der Waals surface area contributed by atoms with Crippen molar-refractivity contribution < 1.29 is 18.3 Å². The van der Waals surface area contributed by atoms with Gasteiger partial charge >= 0.3 is 6.09 Å². The van der Waals surface area contributed by atoms with Crippen molar-refractivity contribution >= 4 is 17.5 Å². The number of carbonyl (C=O) groups excluding carboxylic acids is 1. The number of nitrogens with one attached hydrogen (secondary N) is 2. The Morgan fingerprint density at radius 1 is 1.27 bits per heavy atom. The van der Waals surface area contributed by atoms with Gasteiger partial charge in [-0.1, -0.05) is 0 Å². The smallest absolute Gasteiger partial charge is 0.412 e. The van der Waals surface area contributed by atoms with Crippen molar-refractivity contribution in [3.8, 4) is 0 Å². The number of ether oxygens (including phenoxy) is 1. The Morgan fingerprint density at radius 2 is 2.05 bits per heavy atom. The molecule has 2 rings (SSSR count). The van der Waals surface area contributed by atoms with E-state index in [1.165, 1.54) is 18.2 Å². The molecule has 1 aromatic heterocycles. The van der Waals surface area contributed by atoms with Gasteiger partial charge in [-0.3, -0.25) is 5.32 Å². The third-order valence-corrected chi connectivity index (χ3v) is 2.65. The van der Waals surface area contributed by atoms with Gasteiger partial charge in [-0.2, -0.15) is 0 Å². The minimum atomic E-state index is -0.605. The third kappa shape index (κ3) is 4.80. The van der Waals surface area contributed by atoms with E-state index < -0.39 is 17.5 Å². The Morgan fingerprint density at radius 3 is 2.68 bits per heavy atom. The molecule has 1 heterocycles. The highest BCUT2D eigenvalue weighted by molar-refractivity contribution is 5.89. The molecule has 1 aromatic carbocycles. The first-order valence-electron chi connectivity index (χ1n) is 6.89. The minimum Gasteiger partial charge on any atom is -0.467 e. The number of halogens is 1. The molecule has 118 valence electrons. The second kappa shape index (κ2) is 6.51. The Bertz CT molecular complexity index is 633. The van der Waals surface area contributed by atoms with E-state index in [1.807, 2.05) is 0 Å². The maximum atomic E-state index is 13.4. The maximum Gasteiger partial charge on any atom is 0.412 e. The number of rotatable bonds is 4. The normalized spacial score (nSPS) is 11.1. The van der Waals surface area contributed by atoms with Crippen LogP contribution < -0.4 is 10.6 Å². The molecule has 1 amide bonds. The fourth-order valence-corrected chi connectivity index (χ4v) is 1.78. The molecule has 0 aliphatic heterocycles. The Balaban J connectivity index is 2.08. The zero-order chi connectivity index (χ0) is 16.2. The number of amides is 1. The molecule has 2 N–H and O–H groups in total. The predicted molar refractivity (Wildman–Crippen MR) is 82.3 cm³/mol. The van der Waals surface area contributed by atoms with Crippen molar-refractivity contribution in [2.75, 3.05) is 10.6 Å². The van der Waals surface area contributed by atoms with Crippen LogP contribution in [0.2, 0.25) is 0 Å². The van der Waals surface area contributed by atoms with Gasteiger partial charge in [-0.05, 0) is 51.1 Å². The van der Waals surface area contributed by atoms with Gasteiger partial charge in [0.05, 0.1) is 24.2 Å². The number of anilines is 2. The van der Waals surface area contributed by atoms with Crippen LogP contribution in [-0.4, -0.2) is 11.7 Å². The number of benzene rings is 1. The quantitative estimate of drug-likeness (QED) is 0.880. The average Bonchev–Trinajstić information content (AvgIpc) is 2.90. The SMILES string of the molecule is CC(C)(C)OC(=O)Nc1ccc(F)cc1NCc1ccco1. The van der Waals surface area contributed by atoms with Crippen LogP contribution in [0.1, 0.15) is 26.5 Å². The van der Waals surface area contributed by atoms with Gasteiger partial charge in [0.1, 0.15) is 17.2 Å². The topological polar surface area (TPSA) is 63.5 Å². The molecular formula is C16H19FN2O3. The lowest BCUT2D eigenvalue weighted by Gasteiger charge is -2.20. The Hall–Kier alpha value is -2.50. The first-order valence-corrected chi connectivity index (χ1v) is 6.89. The summed E-state index contributed by atoms with van der Waals surface area (Å²) in [6.45, 7) is 5.69. The minimum absolute atomic E-state index is 0.374. The maximum absolute atomic E-state index is 13.4. The fourth-order valence-electron chi connectivity index (χ4n) is 1.78. The van der Waals surface area contributed by atoms with Crippen molar-refractivity contribution in [1.29, 1.82) is 0 Å². The van der Waals surface area contributed by atoms with E-state index in [9.17, 15) is 9.18 Å². The van der Waals surface area contributed by atoms with E-state index >= 15 is 0 Å². The zero-order valence-electron chi connectivity index (χ0n) is 12.8. The highest BCUT2D eigenvalue weighted by atomic mass is 19.1. The lowest BCUT2D eigenvalue weighted by Crippen LogP contribution is -2.27. The van der Waals surface area contributed by atoms with Crippen LogP contribution in [0.5, 0.6) is 0 Å². The van der Waals surface area contributed by atoms with E-state index in [0.29, 0.717) is 23.7 Å². The van der Waals surface area contributed by atoms with Crippen molar-refractivity contribution in [2.45, 2.75) is 32.9 Å². The van der Waals surface area contributed by atoms with Gasteiger partial charge in [-0.25, -0.2) is 9.18 Å². The molecule has 0 saturated heterocycles. The van der Waals surface area contributed by atoms with E-state index in [1.54, 1.807) is 39.2 Å². The van der Waals surface area contributed by atoms with Crippen LogP contribution in [-0.2, 0) is 11.3 Å². The summed E-state index contributed by atoms with van der Waals surface area (Å²) in [6.07, 6.45) is 0.961. The standard InChI is InChI=1S/C16H19FN2O3/c1-16(2,3)22-15(20)19-13-7-6-11(17)9-14(13)18-10-12-5-4-8-21-12/h4-9,18H,10H2,1-3H3,(H,19,20). The fraction of sp³-hybridized carbons (Fsp3) is 0.312. The summed E-state index contributed by atoms with van der Waals surface area (Å²) in [5, 5.41) is 5.62. The second-order valence-electron chi connectivity index (χ2n) is 5.75. The van der Waals surface area contributed by atoms with Gasteiger partial charge in [-0.15, -0.1) is 0 Å². The van der Waals surface area contributed by atoms with Crippen LogP contribution in [0.25, 0.3) is 0 Å². The lowest BCUT2D eigenvalue weighted by molar-refractivity contribution is 0.0636. The molecule has 0 aliphatic carbocycles. The summed E-state index contributed by atoms with van der Waals surface area (Å²) in [6, 6.07) is 7.61. The van der Waals surface area contributed by atoms with Crippen LogP contribution in [0.15, 0.2) is 41.0 Å². The van der Waals surface area contributed by atoms with E-state index in [-0.39, 0.29) is 0 Å². The lowest BCUT2D eigenvalue weighted by atomic mass is 10.2. The average molecular weight is 306 g/mol. The van der Waals surface area contributed by atoms with Gasteiger partial charge in [0, 0.05) is 0 Å². The van der Waals surface area contributed by atoms with Gasteiger partial charge in [0.2, 0.25) is 0 Å². The van der Waals surface area contributed by atoms with Crippen molar-refractivity contribution in [3.63, 3.8) is 0 Å². The van der Waals surface area contributed by atoms with E-state index in [2.05, 4.69) is 10.6 Å². The zero-order valence-corrected chi connectivity index (χ0v) is 12.8. The highest BCUT2D eigenvalue weighted by Gasteiger charge is 2.17. The first kappa shape index (κ1) is 15.9. The van der Waals surface area contributed by atoms with Crippen LogP contribution >= 0.6 is 0 Å². The molecule has 0 fully saturated rings. The van der Waals surface area contributed by atoms with Crippen LogP contribution in [0.3, 0.4) is 0 Å². The summed E-state index contributed by atoms with van der Waals surface area (Å²) < 4.78 is 23.8. The summed E-state index contributed by atoms with van der Waals surface area (Å²) in [5.41, 5.74) is 0.274. The molecule has 0 saturated carbocycles. The summed E-state index contributed by atoms with van der Waals surface area (Å²) in [4.78, 5) is 11.8. The van der Waals surface area contributed by atoms with Gasteiger partial charge in [0.15, 0.2) is 0 Å². The van der Waals surface area contributed by atoms with Crippen molar-refractivity contribution in [1.82, 2.24) is 0 Å². The molecule has 0 aliphatic rings. The van der Waals surface area contributed by atoms with Gasteiger partial charge < -0.3 is 14.5 Å². The summed E-state index contributed by atoms with van der Waals surface area (Å²) in [7, 11) is 0. The molecule has 5 nitrogen and oxygen atoms in total. The van der Waals surface area contributed by atoms with E-state index in [0.717, 1.165) is 0 Å². The Labute approximate surface area is 128 Å². The number of furan rings is 1. The third-order valence-electron chi connectivity index (χ3n) is 2.65. The Kier molecular flexibility index (Phi) is 4.70. The predicted octanol–water partition coefficient (Wildman–Crippen LogP) is 4.38. The number of hydrogen-bond donors (Lipinski definition) is 2. The second-order valence-corrected chi connectivity index (χ2v) is 5.75. The molecule has 0 bridgehead atoms. The van der Waals surface area contributed by atoms with Crippen LogP contribution in [0, 0.1) is 5.82 Å². The molecule has 2 aromatic rings. The highest BCUT2D eigenvalue weighted by Crippen LogP contribution is 2.24. The first-order chi connectivity index (χ1) is 10.3. The molecule has 6 heteroatoms. The number of carbonyl (C=O) groups is 1. The summed E-state index contributed by atoms with van der Waals surface area (Å²) >= 11 is 0. The van der Waals surface area contributed by atoms with E-state index in [4.69, 9.17) is 9.15 Å². The molecule has 0 atom stereocenters. The summed E-state index contributed by atoms with van der Waals surface area (Å²) in [5.74, 6) is 0.296. The largest absolute Gasteiger partial charge is 0.467 e. The molecule has 0 unspecified atom stereocenters.